The van der Waals surface area contributed by atoms with Crippen molar-refractivity contribution in [3.8, 4) is 0 Å². The van der Waals surface area contributed by atoms with E-state index in [0.717, 1.165) is 31.5 Å². The molecule has 5 nitrogen and oxygen atoms in total. The maximum atomic E-state index is 12.2. The molecule has 1 aliphatic carbocycles. The van der Waals surface area contributed by atoms with Crippen LogP contribution in [0.2, 0.25) is 0 Å². The fraction of sp³-hybridized carbons (Fsp3) is 0.562. The molecule has 0 spiro atoms. The van der Waals surface area contributed by atoms with E-state index in [1.54, 1.807) is 6.07 Å². The van der Waals surface area contributed by atoms with Crippen molar-refractivity contribution in [2.24, 2.45) is 0 Å². The van der Waals surface area contributed by atoms with Crippen molar-refractivity contribution in [3.05, 3.63) is 29.8 Å². The molecule has 130 valence electrons. The first kappa shape index (κ1) is 19.9. The van der Waals surface area contributed by atoms with Gasteiger partial charge in [-0.05, 0) is 37.1 Å². The lowest BCUT2D eigenvalue weighted by Crippen LogP contribution is -2.29. The monoisotopic (exact) mass is 360 g/mol. The molecule has 1 aliphatic rings. The van der Waals surface area contributed by atoms with Crippen molar-refractivity contribution < 1.29 is 13.2 Å². The van der Waals surface area contributed by atoms with Crippen molar-refractivity contribution in [1.82, 2.24) is 5.32 Å². The lowest BCUT2D eigenvalue weighted by molar-refractivity contribution is -0.113. The van der Waals surface area contributed by atoms with Crippen molar-refractivity contribution in [3.63, 3.8) is 0 Å². The van der Waals surface area contributed by atoms with Gasteiger partial charge in [0.05, 0.1) is 5.25 Å². The minimum Gasteiger partial charge on any atom is -0.325 e. The van der Waals surface area contributed by atoms with E-state index in [-0.39, 0.29) is 17.7 Å². The first-order chi connectivity index (χ1) is 10.5. The van der Waals surface area contributed by atoms with E-state index in [9.17, 15) is 13.2 Å². The molecular formula is C16H25ClN2O3S. The zero-order valence-corrected chi connectivity index (χ0v) is 15.0. The van der Waals surface area contributed by atoms with Gasteiger partial charge in [-0.25, -0.2) is 8.42 Å². The lowest BCUT2D eigenvalue weighted by Gasteiger charge is -2.12. The normalized spacial score (nSPS) is 15.2. The van der Waals surface area contributed by atoms with Crippen molar-refractivity contribution in [1.29, 1.82) is 0 Å². The third-order valence-electron chi connectivity index (χ3n) is 3.93. The number of carbonyl (C=O) groups is 1. The largest absolute Gasteiger partial charge is 0.325 e. The van der Waals surface area contributed by atoms with Crippen LogP contribution in [0.15, 0.2) is 24.3 Å². The van der Waals surface area contributed by atoms with Crippen molar-refractivity contribution in [2.45, 2.75) is 44.4 Å². The SMILES string of the molecule is CCNCc1cccc(NC(=O)CS(=O)(=O)C2CCCC2)c1.Cl. The molecule has 1 aromatic rings. The second kappa shape index (κ2) is 9.25. The predicted molar refractivity (Wildman–Crippen MR) is 95.7 cm³/mol. The molecule has 23 heavy (non-hydrogen) atoms. The van der Waals surface area contributed by atoms with Crippen LogP contribution in [0.5, 0.6) is 0 Å². The Morgan fingerprint density at radius 1 is 1.26 bits per heavy atom. The second-order valence-electron chi connectivity index (χ2n) is 5.74. The molecule has 1 aromatic carbocycles. The number of benzene rings is 1. The molecule has 0 atom stereocenters. The maximum Gasteiger partial charge on any atom is 0.239 e. The van der Waals surface area contributed by atoms with E-state index in [0.29, 0.717) is 18.5 Å². The molecule has 1 fully saturated rings. The van der Waals surface area contributed by atoms with Gasteiger partial charge >= 0.3 is 0 Å². The minimum absolute atomic E-state index is 0. The molecule has 0 bridgehead atoms. The third kappa shape index (κ3) is 6.12. The number of carbonyl (C=O) groups excluding carboxylic acids is 1. The number of hydrogen-bond donors (Lipinski definition) is 2. The van der Waals surface area contributed by atoms with Gasteiger partial charge in [0.2, 0.25) is 5.91 Å². The van der Waals surface area contributed by atoms with Gasteiger partial charge in [-0.2, -0.15) is 0 Å². The standard InChI is InChI=1S/C16H24N2O3S.ClH/c1-2-17-11-13-6-5-7-14(10-13)18-16(19)12-22(20,21)15-8-3-4-9-15;/h5-7,10,15,17H,2-4,8-9,11-12H2,1H3,(H,18,19);1H. The van der Waals surface area contributed by atoms with Crippen LogP contribution in [-0.4, -0.2) is 31.9 Å². The molecule has 0 heterocycles. The molecule has 0 saturated heterocycles. The molecule has 7 heteroatoms. The summed E-state index contributed by atoms with van der Waals surface area (Å²) in [6, 6.07) is 7.46. The quantitative estimate of drug-likeness (QED) is 0.783. The summed E-state index contributed by atoms with van der Waals surface area (Å²) in [5, 5.41) is 5.57. The highest BCUT2D eigenvalue weighted by atomic mass is 35.5. The Labute approximate surface area is 144 Å². The highest BCUT2D eigenvalue weighted by Crippen LogP contribution is 2.25. The minimum atomic E-state index is -3.33. The molecule has 2 rings (SSSR count). The Kier molecular flexibility index (Phi) is 8.02. The summed E-state index contributed by atoms with van der Waals surface area (Å²) < 4.78 is 24.3. The second-order valence-corrected chi connectivity index (χ2v) is 8.02. The number of anilines is 1. The topological polar surface area (TPSA) is 75.3 Å². The van der Waals surface area contributed by atoms with E-state index in [2.05, 4.69) is 10.6 Å². The Hall–Kier alpha value is -1.11. The smallest absolute Gasteiger partial charge is 0.239 e. The Morgan fingerprint density at radius 3 is 2.61 bits per heavy atom. The highest BCUT2D eigenvalue weighted by molar-refractivity contribution is 7.92. The maximum absolute atomic E-state index is 12.2. The predicted octanol–water partition coefficient (Wildman–Crippen LogP) is 2.51. The van der Waals surface area contributed by atoms with Gasteiger partial charge in [0.15, 0.2) is 9.84 Å². The summed E-state index contributed by atoms with van der Waals surface area (Å²) >= 11 is 0. The average molecular weight is 361 g/mol. The molecule has 0 unspecified atom stereocenters. The van der Waals surface area contributed by atoms with Gasteiger partial charge in [0.1, 0.15) is 5.75 Å². The lowest BCUT2D eigenvalue weighted by atomic mass is 10.2. The summed E-state index contributed by atoms with van der Waals surface area (Å²) in [5.41, 5.74) is 1.69. The number of sulfone groups is 1. The molecule has 2 N–H and O–H groups in total. The summed E-state index contributed by atoms with van der Waals surface area (Å²) in [4.78, 5) is 12.0. The summed E-state index contributed by atoms with van der Waals surface area (Å²) in [5.74, 6) is -0.873. The summed E-state index contributed by atoms with van der Waals surface area (Å²) in [7, 11) is -3.33. The van der Waals surface area contributed by atoms with Crippen LogP contribution in [0, 0.1) is 0 Å². The molecule has 0 aliphatic heterocycles. The average Bonchev–Trinajstić information content (AvgIpc) is 3.00. The van der Waals surface area contributed by atoms with Crippen LogP contribution >= 0.6 is 12.4 Å². The van der Waals surface area contributed by atoms with E-state index in [4.69, 9.17) is 0 Å². The van der Waals surface area contributed by atoms with Gasteiger partial charge in [-0.3, -0.25) is 4.79 Å². The van der Waals surface area contributed by atoms with Crippen LogP contribution in [-0.2, 0) is 21.2 Å². The molecule has 1 amide bonds. The van der Waals surface area contributed by atoms with Gasteiger partial charge in [-0.1, -0.05) is 31.9 Å². The van der Waals surface area contributed by atoms with Gasteiger partial charge in [-0.15, -0.1) is 12.4 Å². The Balaban J connectivity index is 0.00000264. The van der Waals surface area contributed by atoms with Crippen LogP contribution < -0.4 is 10.6 Å². The number of nitrogens with one attached hydrogen (secondary N) is 2. The van der Waals surface area contributed by atoms with E-state index < -0.39 is 21.5 Å². The van der Waals surface area contributed by atoms with Crippen LogP contribution in [0.1, 0.15) is 38.2 Å². The summed E-state index contributed by atoms with van der Waals surface area (Å²) in [6.45, 7) is 3.62. The molecule has 0 aromatic heterocycles. The van der Waals surface area contributed by atoms with E-state index >= 15 is 0 Å². The first-order valence-corrected chi connectivity index (χ1v) is 9.54. The van der Waals surface area contributed by atoms with Crippen LogP contribution in [0.3, 0.4) is 0 Å². The Bertz CT molecular complexity index is 614. The van der Waals surface area contributed by atoms with E-state index in [1.807, 2.05) is 25.1 Å². The zero-order valence-electron chi connectivity index (χ0n) is 13.4. The summed E-state index contributed by atoms with van der Waals surface area (Å²) in [6.07, 6.45) is 3.26. The van der Waals surface area contributed by atoms with Crippen LogP contribution in [0.25, 0.3) is 0 Å². The van der Waals surface area contributed by atoms with Crippen molar-refractivity contribution >= 4 is 33.8 Å². The fourth-order valence-electron chi connectivity index (χ4n) is 2.77. The Morgan fingerprint density at radius 2 is 1.96 bits per heavy atom. The van der Waals surface area contributed by atoms with Crippen LogP contribution in [0.4, 0.5) is 5.69 Å². The molecule has 1 saturated carbocycles. The first-order valence-electron chi connectivity index (χ1n) is 7.82. The zero-order chi connectivity index (χ0) is 16.0. The number of hydrogen-bond acceptors (Lipinski definition) is 4. The number of amides is 1. The van der Waals surface area contributed by atoms with Gasteiger partial charge in [0, 0.05) is 12.2 Å². The van der Waals surface area contributed by atoms with Gasteiger partial charge < -0.3 is 10.6 Å². The van der Waals surface area contributed by atoms with Crippen molar-refractivity contribution in [2.75, 3.05) is 17.6 Å². The molecule has 0 radical (unpaired) electrons. The highest BCUT2D eigenvalue weighted by Gasteiger charge is 2.30. The molecular weight excluding hydrogens is 336 g/mol. The van der Waals surface area contributed by atoms with Gasteiger partial charge in [0.25, 0.3) is 0 Å². The fourth-order valence-corrected chi connectivity index (χ4v) is 4.50. The van der Waals surface area contributed by atoms with E-state index in [1.165, 1.54) is 0 Å². The number of halogens is 1. The third-order valence-corrected chi connectivity index (χ3v) is 6.08. The number of rotatable bonds is 7.